The molecule has 9 heteroatoms. The summed E-state index contributed by atoms with van der Waals surface area (Å²) in [5.74, 6) is -0.617. The van der Waals surface area contributed by atoms with E-state index in [2.05, 4.69) is 10.6 Å². The number of amides is 2. The molecule has 2 amide bonds. The van der Waals surface area contributed by atoms with Crippen LogP contribution in [0, 0.1) is 11.8 Å². The fraction of sp³-hybridized carbons (Fsp3) is 0.286. The summed E-state index contributed by atoms with van der Waals surface area (Å²) in [4.78, 5) is 40.8. The lowest BCUT2D eigenvalue weighted by atomic mass is 9.94. The second-order valence-corrected chi connectivity index (χ2v) is 14.8. The normalized spacial score (nSPS) is 17.8. The molecule has 0 aliphatic carbocycles. The van der Waals surface area contributed by atoms with E-state index in [1.807, 2.05) is 152 Å². The molecule has 3 N–H and O–H groups in total. The molecular weight excluding hydrogens is 729 g/mol. The number of cyclic esters (lactones) is 1. The van der Waals surface area contributed by atoms with Gasteiger partial charge in [0.15, 0.2) is 0 Å². The van der Waals surface area contributed by atoms with Crippen LogP contribution in [0.4, 0.5) is 0 Å². The van der Waals surface area contributed by atoms with Crippen molar-refractivity contribution in [1.82, 2.24) is 10.6 Å². The van der Waals surface area contributed by atoms with Crippen LogP contribution < -0.4 is 20.1 Å². The minimum absolute atomic E-state index is 0.0204. The Labute approximate surface area is 341 Å². The highest BCUT2D eigenvalue weighted by atomic mass is 16.5. The van der Waals surface area contributed by atoms with Crippen LogP contribution in [0.15, 0.2) is 152 Å². The van der Waals surface area contributed by atoms with Gasteiger partial charge in [0.05, 0.1) is 30.5 Å². The lowest BCUT2D eigenvalue weighted by molar-refractivity contribution is -0.150. The largest absolute Gasteiger partial charge is 0.489 e. The molecule has 0 saturated heterocycles. The Hall–Kier alpha value is -6.19. The fourth-order valence-electron chi connectivity index (χ4n) is 6.90. The van der Waals surface area contributed by atoms with Crippen molar-refractivity contribution in [3.05, 3.63) is 179 Å². The molecule has 1 heterocycles. The minimum Gasteiger partial charge on any atom is -0.489 e. The van der Waals surface area contributed by atoms with Crippen molar-refractivity contribution >= 4 is 17.8 Å². The summed E-state index contributed by atoms with van der Waals surface area (Å²) in [6, 6.07) is 43.9. The van der Waals surface area contributed by atoms with Gasteiger partial charge in [0.25, 0.3) is 0 Å². The van der Waals surface area contributed by atoms with Gasteiger partial charge in [-0.1, -0.05) is 127 Å². The van der Waals surface area contributed by atoms with E-state index in [-0.39, 0.29) is 37.4 Å². The quantitative estimate of drug-likeness (QED) is 0.0707. The van der Waals surface area contributed by atoms with Gasteiger partial charge in [0.2, 0.25) is 11.8 Å². The summed E-state index contributed by atoms with van der Waals surface area (Å²) >= 11 is 0. The maximum absolute atomic E-state index is 13.9. The Morgan fingerprint density at radius 2 is 1.16 bits per heavy atom. The summed E-state index contributed by atoms with van der Waals surface area (Å²) in [5, 5.41) is 16.3. The highest BCUT2D eigenvalue weighted by Crippen LogP contribution is 2.21. The number of carbonyl (C=O) groups excluding carboxylic acids is 3. The molecule has 9 nitrogen and oxygen atoms in total. The monoisotopic (exact) mass is 780 g/mol. The van der Waals surface area contributed by atoms with E-state index in [0.29, 0.717) is 45.3 Å². The van der Waals surface area contributed by atoms with Crippen LogP contribution in [0.2, 0.25) is 0 Å². The number of aliphatic hydroxyl groups is 1. The van der Waals surface area contributed by atoms with Crippen LogP contribution in [0.1, 0.15) is 47.1 Å². The molecule has 58 heavy (non-hydrogen) atoms. The predicted octanol–water partition coefficient (Wildman–Crippen LogP) is 7.35. The summed E-state index contributed by atoms with van der Waals surface area (Å²) in [6.07, 6.45) is 5.77. The lowest BCUT2D eigenvalue weighted by Crippen LogP contribution is -2.46. The van der Waals surface area contributed by atoms with E-state index in [4.69, 9.17) is 14.2 Å². The number of aliphatic hydroxyl groups excluding tert-OH is 1. The van der Waals surface area contributed by atoms with Gasteiger partial charge in [-0.3, -0.25) is 14.4 Å². The lowest BCUT2D eigenvalue weighted by Gasteiger charge is -2.25. The molecular formula is C49H52N2O7. The number of hydrogen-bond donors (Lipinski definition) is 3. The summed E-state index contributed by atoms with van der Waals surface area (Å²) in [7, 11) is 0. The molecule has 300 valence electrons. The molecule has 1 aliphatic rings. The highest BCUT2D eigenvalue weighted by molar-refractivity contribution is 5.86. The molecule has 1 aliphatic heterocycles. The van der Waals surface area contributed by atoms with Crippen molar-refractivity contribution < 1.29 is 33.7 Å². The molecule has 4 atom stereocenters. The number of rotatable bonds is 16. The molecule has 0 spiro atoms. The molecule has 0 fully saturated rings. The average molecular weight is 781 g/mol. The van der Waals surface area contributed by atoms with Crippen molar-refractivity contribution in [1.29, 1.82) is 0 Å². The second kappa shape index (κ2) is 21.9. The molecule has 5 aromatic rings. The molecule has 0 saturated carbocycles. The first-order valence-electron chi connectivity index (χ1n) is 20.0. The summed E-state index contributed by atoms with van der Waals surface area (Å²) < 4.78 is 17.8. The fourth-order valence-corrected chi connectivity index (χ4v) is 6.90. The van der Waals surface area contributed by atoms with Gasteiger partial charge in [-0.15, -0.1) is 0 Å². The zero-order chi connectivity index (χ0) is 40.4. The first-order valence-corrected chi connectivity index (χ1v) is 20.0. The van der Waals surface area contributed by atoms with Crippen molar-refractivity contribution in [3.8, 4) is 11.5 Å². The zero-order valence-electron chi connectivity index (χ0n) is 32.7. The van der Waals surface area contributed by atoms with Crippen molar-refractivity contribution in [2.45, 2.75) is 63.8 Å². The van der Waals surface area contributed by atoms with Gasteiger partial charge in [0, 0.05) is 6.42 Å². The standard InChI is InChI=1S/C49H52N2O7/c52-32-43(29-37-20-24-45(25-21-37)56-33-39-14-6-2-7-15-39)50-47(53)31-41-18-10-11-19-42(28-36-12-4-1-5-13-36)49(55)58-35-44(51-48(41)54)30-38-22-26-46(27-23-38)57-34-40-16-8-3-9-17-40/h1-17,20-27,41-44,52H,18-19,28-35H2,(H,50,53)(H,51,54). The number of benzene rings is 5. The third-order valence-electron chi connectivity index (χ3n) is 10.1. The Morgan fingerprint density at radius 3 is 1.71 bits per heavy atom. The van der Waals surface area contributed by atoms with Gasteiger partial charge >= 0.3 is 5.97 Å². The number of nitrogens with one attached hydrogen (secondary N) is 2. The van der Waals surface area contributed by atoms with Gasteiger partial charge in [0.1, 0.15) is 31.3 Å². The maximum Gasteiger partial charge on any atom is 0.309 e. The first-order chi connectivity index (χ1) is 28.4. The first kappa shape index (κ1) is 41.4. The number of allylic oxidation sites excluding steroid dienone is 2. The molecule has 6 rings (SSSR count). The van der Waals surface area contributed by atoms with Gasteiger partial charge in [-0.2, -0.15) is 0 Å². The Morgan fingerprint density at radius 1 is 0.655 bits per heavy atom. The Bertz CT molecular complexity index is 2040. The maximum atomic E-state index is 13.9. The van der Waals surface area contributed by atoms with Crippen LogP contribution in [0.25, 0.3) is 0 Å². The van der Waals surface area contributed by atoms with Crippen molar-refractivity contribution in [2.24, 2.45) is 11.8 Å². The van der Waals surface area contributed by atoms with Gasteiger partial charge < -0.3 is 30.0 Å². The Kier molecular flexibility index (Phi) is 15.7. The van der Waals surface area contributed by atoms with Crippen molar-refractivity contribution in [3.63, 3.8) is 0 Å². The van der Waals surface area contributed by atoms with Crippen LogP contribution in [0.3, 0.4) is 0 Å². The van der Waals surface area contributed by atoms with Crippen LogP contribution >= 0.6 is 0 Å². The number of ether oxygens (including phenoxy) is 3. The SMILES string of the molecule is O=C(CC1CC=CCC(Cc2ccccc2)C(=O)OCC(Cc2ccc(OCc3ccccc3)cc2)NC1=O)NC(CO)Cc1ccc(OCc2ccccc2)cc1. The van der Waals surface area contributed by atoms with Gasteiger partial charge in [-0.25, -0.2) is 0 Å². The van der Waals surface area contributed by atoms with Gasteiger partial charge in [-0.05, 0) is 84.2 Å². The summed E-state index contributed by atoms with van der Waals surface area (Å²) in [6.45, 7) is 0.617. The van der Waals surface area contributed by atoms with E-state index < -0.39 is 23.9 Å². The third-order valence-corrected chi connectivity index (χ3v) is 10.1. The number of carbonyl (C=O) groups is 3. The van der Waals surface area contributed by atoms with E-state index in [0.717, 1.165) is 39.3 Å². The second-order valence-electron chi connectivity index (χ2n) is 14.8. The molecule has 5 aromatic carbocycles. The van der Waals surface area contributed by atoms with E-state index in [9.17, 15) is 19.5 Å². The van der Waals surface area contributed by atoms with E-state index >= 15 is 0 Å². The van der Waals surface area contributed by atoms with Crippen LogP contribution in [-0.4, -0.2) is 48.2 Å². The highest BCUT2D eigenvalue weighted by Gasteiger charge is 2.28. The smallest absolute Gasteiger partial charge is 0.309 e. The summed E-state index contributed by atoms with van der Waals surface area (Å²) in [5.41, 5.74) is 5.02. The third kappa shape index (κ3) is 13.5. The zero-order valence-corrected chi connectivity index (χ0v) is 32.7. The predicted molar refractivity (Wildman–Crippen MR) is 224 cm³/mol. The van der Waals surface area contributed by atoms with E-state index in [1.165, 1.54) is 0 Å². The topological polar surface area (TPSA) is 123 Å². The van der Waals surface area contributed by atoms with Crippen LogP contribution in [0.5, 0.6) is 11.5 Å². The molecule has 0 radical (unpaired) electrons. The molecule has 0 bridgehead atoms. The van der Waals surface area contributed by atoms with Crippen molar-refractivity contribution in [2.75, 3.05) is 13.2 Å². The Balaban J connectivity index is 1.09. The minimum atomic E-state index is -0.685. The van der Waals surface area contributed by atoms with E-state index in [1.54, 1.807) is 0 Å². The van der Waals surface area contributed by atoms with Crippen LogP contribution in [-0.2, 0) is 51.6 Å². The molecule has 4 unspecified atom stereocenters. The number of hydrogen-bond acceptors (Lipinski definition) is 7. The molecule has 0 aromatic heterocycles. The average Bonchev–Trinajstić information content (AvgIpc) is 3.26. The number of esters is 1.